The third kappa shape index (κ3) is 3.25. The van der Waals surface area contributed by atoms with E-state index in [0.29, 0.717) is 6.54 Å². The third-order valence-electron chi connectivity index (χ3n) is 5.04. The molecule has 3 N–H and O–H groups in total. The zero-order chi connectivity index (χ0) is 17.2. The number of carbonyl (C=O) groups is 1. The Balaban J connectivity index is 1.32. The predicted molar refractivity (Wildman–Crippen MR) is 101 cm³/mol. The summed E-state index contributed by atoms with van der Waals surface area (Å²) in [7, 11) is 0. The molecule has 1 unspecified atom stereocenters. The van der Waals surface area contributed by atoms with Gasteiger partial charge in [0.05, 0.1) is 6.04 Å². The van der Waals surface area contributed by atoms with Gasteiger partial charge in [-0.2, -0.15) is 0 Å². The fraction of sp³-hybridized carbons (Fsp3) is 0.286. The molecule has 0 aliphatic heterocycles. The molecule has 128 valence electrons. The van der Waals surface area contributed by atoms with Crippen LogP contribution in [0.15, 0.2) is 48.7 Å². The van der Waals surface area contributed by atoms with Gasteiger partial charge >= 0.3 is 6.03 Å². The molecule has 4 heteroatoms. The van der Waals surface area contributed by atoms with Crippen LogP contribution in [0.1, 0.15) is 34.7 Å². The van der Waals surface area contributed by atoms with Crippen LogP contribution >= 0.6 is 0 Å². The van der Waals surface area contributed by atoms with Crippen molar-refractivity contribution in [2.45, 2.75) is 32.2 Å². The Bertz CT molecular complexity index is 912. The number of aromatic amines is 1. The smallest absolute Gasteiger partial charge is 0.315 e. The molecule has 2 aromatic carbocycles. The van der Waals surface area contributed by atoms with Gasteiger partial charge < -0.3 is 15.6 Å². The largest absolute Gasteiger partial charge is 0.361 e. The summed E-state index contributed by atoms with van der Waals surface area (Å²) in [6, 6.07) is 14.8. The number of carbonyl (C=O) groups excluding carboxylic acids is 1. The number of aryl methyl sites for hydroxylation is 2. The molecule has 4 nitrogen and oxygen atoms in total. The highest BCUT2D eigenvalue weighted by Gasteiger charge is 2.23. The van der Waals surface area contributed by atoms with Crippen molar-refractivity contribution in [1.82, 2.24) is 15.6 Å². The molecular weight excluding hydrogens is 310 g/mol. The van der Waals surface area contributed by atoms with Crippen LogP contribution in [0.5, 0.6) is 0 Å². The fourth-order valence-electron chi connectivity index (χ4n) is 3.73. The standard InChI is InChI=1S/C21H23N3O/c1-14-6-8-18-16(13-23-20(18)12-14)10-11-22-21(25)24-19-9-7-15-4-2-3-5-17(15)19/h2-6,8,12-13,19,23H,7,9-11H2,1H3,(H2,22,24,25). The Hall–Kier alpha value is -2.75. The van der Waals surface area contributed by atoms with Crippen LogP contribution in [0.4, 0.5) is 4.79 Å². The summed E-state index contributed by atoms with van der Waals surface area (Å²) in [4.78, 5) is 15.5. The summed E-state index contributed by atoms with van der Waals surface area (Å²) in [6.45, 7) is 2.72. The summed E-state index contributed by atoms with van der Waals surface area (Å²) < 4.78 is 0. The number of aromatic nitrogens is 1. The Morgan fingerprint density at radius 3 is 3.04 bits per heavy atom. The van der Waals surface area contributed by atoms with Gasteiger partial charge in [0, 0.05) is 23.6 Å². The second kappa shape index (κ2) is 6.63. The lowest BCUT2D eigenvalue weighted by Gasteiger charge is -2.14. The molecule has 1 aromatic heterocycles. The van der Waals surface area contributed by atoms with Gasteiger partial charge in [-0.3, -0.25) is 0 Å². The number of fused-ring (bicyclic) bond motifs is 2. The molecule has 0 spiro atoms. The minimum atomic E-state index is -0.0858. The van der Waals surface area contributed by atoms with Gasteiger partial charge in [-0.1, -0.05) is 36.4 Å². The Kier molecular flexibility index (Phi) is 4.18. The van der Waals surface area contributed by atoms with E-state index in [9.17, 15) is 4.79 Å². The highest BCUT2D eigenvalue weighted by atomic mass is 16.2. The molecule has 0 fully saturated rings. The highest BCUT2D eigenvalue weighted by molar-refractivity contribution is 5.84. The molecule has 25 heavy (non-hydrogen) atoms. The molecule has 0 bridgehead atoms. The molecule has 2 amide bonds. The van der Waals surface area contributed by atoms with Gasteiger partial charge in [-0.25, -0.2) is 4.79 Å². The molecule has 0 radical (unpaired) electrons. The molecule has 3 aromatic rings. The average Bonchev–Trinajstić information content (AvgIpc) is 3.19. The predicted octanol–water partition coefficient (Wildman–Crippen LogP) is 4.01. The number of urea groups is 1. The lowest BCUT2D eigenvalue weighted by molar-refractivity contribution is 0.237. The van der Waals surface area contributed by atoms with Gasteiger partial charge in [-0.15, -0.1) is 0 Å². The molecule has 0 saturated carbocycles. The minimum Gasteiger partial charge on any atom is -0.361 e. The monoisotopic (exact) mass is 333 g/mol. The molecule has 1 atom stereocenters. The van der Waals surface area contributed by atoms with Crippen LogP contribution in [0, 0.1) is 6.92 Å². The second-order valence-corrected chi connectivity index (χ2v) is 6.80. The zero-order valence-electron chi connectivity index (χ0n) is 14.4. The lowest BCUT2D eigenvalue weighted by Crippen LogP contribution is -2.38. The van der Waals surface area contributed by atoms with Crippen LogP contribution in [0.2, 0.25) is 0 Å². The van der Waals surface area contributed by atoms with Crippen molar-refractivity contribution in [3.05, 3.63) is 70.9 Å². The van der Waals surface area contributed by atoms with E-state index in [1.165, 1.54) is 27.6 Å². The maximum absolute atomic E-state index is 12.2. The van der Waals surface area contributed by atoms with Crippen molar-refractivity contribution in [1.29, 1.82) is 0 Å². The van der Waals surface area contributed by atoms with E-state index in [0.717, 1.165) is 24.8 Å². The van der Waals surface area contributed by atoms with Crippen LogP contribution in [-0.4, -0.2) is 17.6 Å². The van der Waals surface area contributed by atoms with Crippen LogP contribution in [-0.2, 0) is 12.8 Å². The van der Waals surface area contributed by atoms with Crippen molar-refractivity contribution in [3.8, 4) is 0 Å². The van der Waals surface area contributed by atoms with Gasteiger partial charge in [0.2, 0.25) is 0 Å². The van der Waals surface area contributed by atoms with E-state index in [-0.39, 0.29) is 12.1 Å². The number of rotatable bonds is 4. The topological polar surface area (TPSA) is 56.9 Å². The Labute approximate surface area is 147 Å². The first-order valence-electron chi connectivity index (χ1n) is 8.89. The number of H-pyrrole nitrogens is 1. The fourth-order valence-corrected chi connectivity index (χ4v) is 3.73. The maximum Gasteiger partial charge on any atom is 0.315 e. The second-order valence-electron chi connectivity index (χ2n) is 6.80. The van der Waals surface area contributed by atoms with E-state index in [1.54, 1.807) is 0 Å². The molecule has 1 aliphatic rings. The average molecular weight is 333 g/mol. The normalized spacial score (nSPS) is 16.0. The van der Waals surface area contributed by atoms with Crippen LogP contribution in [0.25, 0.3) is 10.9 Å². The van der Waals surface area contributed by atoms with Crippen LogP contribution < -0.4 is 10.6 Å². The van der Waals surface area contributed by atoms with Crippen LogP contribution in [0.3, 0.4) is 0 Å². The van der Waals surface area contributed by atoms with E-state index in [2.05, 4.69) is 58.9 Å². The quantitative estimate of drug-likeness (QED) is 0.664. The van der Waals surface area contributed by atoms with Gasteiger partial charge in [0.15, 0.2) is 0 Å². The molecular formula is C21H23N3O. The molecule has 1 heterocycles. The summed E-state index contributed by atoms with van der Waals surface area (Å²) in [5.41, 5.74) is 6.24. The molecule has 0 saturated heterocycles. The van der Waals surface area contributed by atoms with Crippen molar-refractivity contribution in [2.24, 2.45) is 0 Å². The first-order chi connectivity index (χ1) is 12.2. The highest BCUT2D eigenvalue weighted by Crippen LogP contribution is 2.30. The number of hydrogen-bond donors (Lipinski definition) is 3. The van der Waals surface area contributed by atoms with Gasteiger partial charge in [-0.05, 0) is 54.5 Å². The maximum atomic E-state index is 12.2. The number of benzene rings is 2. The van der Waals surface area contributed by atoms with Crippen molar-refractivity contribution in [3.63, 3.8) is 0 Å². The first kappa shape index (κ1) is 15.8. The summed E-state index contributed by atoms with van der Waals surface area (Å²) in [6.07, 6.45) is 4.87. The molecule has 4 rings (SSSR count). The Morgan fingerprint density at radius 2 is 2.12 bits per heavy atom. The van der Waals surface area contributed by atoms with E-state index in [4.69, 9.17) is 0 Å². The number of hydrogen-bond acceptors (Lipinski definition) is 1. The van der Waals surface area contributed by atoms with Gasteiger partial charge in [0.1, 0.15) is 0 Å². The summed E-state index contributed by atoms with van der Waals surface area (Å²) in [5, 5.41) is 7.33. The number of nitrogens with one attached hydrogen (secondary N) is 3. The minimum absolute atomic E-state index is 0.0858. The van der Waals surface area contributed by atoms with Gasteiger partial charge in [0.25, 0.3) is 0 Å². The third-order valence-corrected chi connectivity index (χ3v) is 5.04. The summed E-state index contributed by atoms with van der Waals surface area (Å²) >= 11 is 0. The first-order valence-corrected chi connectivity index (χ1v) is 8.89. The van der Waals surface area contributed by atoms with Crippen molar-refractivity contribution >= 4 is 16.9 Å². The lowest BCUT2D eigenvalue weighted by atomic mass is 10.1. The SMILES string of the molecule is Cc1ccc2c(CCNC(=O)NC3CCc4ccccc43)c[nH]c2c1. The van der Waals surface area contributed by atoms with E-state index >= 15 is 0 Å². The molecule has 1 aliphatic carbocycles. The van der Waals surface area contributed by atoms with Crippen molar-refractivity contribution in [2.75, 3.05) is 6.54 Å². The van der Waals surface area contributed by atoms with Crippen molar-refractivity contribution < 1.29 is 4.79 Å². The van der Waals surface area contributed by atoms with E-state index < -0.39 is 0 Å². The van der Waals surface area contributed by atoms with E-state index in [1.807, 2.05) is 12.3 Å². The Morgan fingerprint density at radius 1 is 1.24 bits per heavy atom. The summed E-state index contributed by atoms with van der Waals surface area (Å²) in [5.74, 6) is 0. The zero-order valence-corrected chi connectivity index (χ0v) is 14.4. The number of amides is 2.